The fourth-order valence-electron chi connectivity index (χ4n) is 3.11. The summed E-state index contributed by atoms with van der Waals surface area (Å²) in [4.78, 5) is 11.3. The van der Waals surface area contributed by atoms with Gasteiger partial charge in [0.15, 0.2) is 5.88 Å². The molecule has 3 N–H and O–H groups in total. The van der Waals surface area contributed by atoms with Crippen LogP contribution in [0.3, 0.4) is 0 Å². The molecule has 0 amide bonds. The van der Waals surface area contributed by atoms with Crippen molar-refractivity contribution in [1.82, 2.24) is 9.97 Å². The number of rotatable bonds is 5. The minimum Gasteiger partial charge on any atom is -0.494 e. The van der Waals surface area contributed by atoms with Gasteiger partial charge >= 0.3 is 0 Å². The van der Waals surface area contributed by atoms with Gasteiger partial charge in [-0.1, -0.05) is 12.1 Å². The van der Waals surface area contributed by atoms with Crippen molar-refractivity contribution in [2.75, 3.05) is 5.32 Å². The van der Waals surface area contributed by atoms with E-state index in [0.29, 0.717) is 23.0 Å². The topological polar surface area (TPSA) is 73.3 Å². The van der Waals surface area contributed by atoms with Gasteiger partial charge in [-0.2, -0.15) is 0 Å². The highest BCUT2D eigenvalue weighted by Gasteiger charge is 2.12. The Morgan fingerprint density at radius 2 is 2.11 bits per heavy atom. The summed E-state index contributed by atoms with van der Waals surface area (Å²) >= 11 is 0. The zero-order valence-corrected chi connectivity index (χ0v) is 15.3. The second kappa shape index (κ2) is 7.52. The Hall–Kier alpha value is -3.67. The van der Waals surface area contributed by atoms with E-state index >= 15 is 0 Å². The number of nitrogens with zero attached hydrogens (tertiary/aromatic N) is 2. The fraction of sp³-hybridized carbons (Fsp3) is 0.0909. The first-order chi connectivity index (χ1) is 13.6. The lowest BCUT2D eigenvalue weighted by molar-refractivity contribution is 0.457. The third-order valence-electron chi connectivity index (χ3n) is 4.55. The zero-order chi connectivity index (χ0) is 19.5. The Morgan fingerprint density at radius 1 is 1.21 bits per heavy atom. The van der Waals surface area contributed by atoms with Crippen LogP contribution in [0.1, 0.15) is 16.7 Å². The molecule has 0 spiro atoms. The van der Waals surface area contributed by atoms with Crippen molar-refractivity contribution in [3.8, 4) is 5.88 Å². The number of aliphatic imine (C=N–C) groups is 1. The van der Waals surface area contributed by atoms with Gasteiger partial charge < -0.3 is 15.4 Å². The Bertz CT molecular complexity index is 1150. The van der Waals surface area contributed by atoms with E-state index in [0.717, 1.165) is 22.5 Å². The highest BCUT2D eigenvalue weighted by atomic mass is 19.1. The van der Waals surface area contributed by atoms with Crippen molar-refractivity contribution in [3.05, 3.63) is 83.4 Å². The summed E-state index contributed by atoms with van der Waals surface area (Å²) in [6.45, 7) is 2.67. The smallest absolute Gasteiger partial charge is 0.198 e. The van der Waals surface area contributed by atoms with Gasteiger partial charge in [0.25, 0.3) is 0 Å². The van der Waals surface area contributed by atoms with Crippen LogP contribution < -0.4 is 5.32 Å². The number of H-pyrrole nitrogens is 1. The normalized spacial score (nSPS) is 11.4. The van der Waals surface area contributed by atoms with E-state index in [9.17, 15) is 9.50 Å². The van der Waals surface area contributed by atoms with Crippen LogP contribution in [-0.2, 0) is 6.54 Å². The number of hydrogen-bond donors (Lipinski definition) is 3. The highest BCUT2D eigenvalue weighted by molar-refractivity contribution is 6.02. The number of halogens is 1. The molecule has 0 aliphatic carbocycles. The monoisotopic (exact) mass is 374 g/mol. The molecule has 0 saturated carbocycles. The zero-order valence-electron chi connectivity index (χ0n) is 15.3. The molecule has 2 heterocycles. The SMILES string of the molecule is Cc1cc(N=Cc2c(O)[nH]c3cccc(F)c23)ccc1NCc1cccnc1. The molecule has 4 aromatic rings. The van der Waals surface area contributed by atoms with E-state index in [-0.39, 0.29) is 5.88 Å². The fourth-order valence-corrected chi connectivity index (χ4v) is 3.11. The van der Waals surface area contributed by atoms with Gasteiger partial charge in [-0.25, -0.2) is 4.39 Å². The van der Waals surface area contributed by atoms with Gasteiger partial charge in [-0.15, -0.1) is 0 Å². The first-order valence-corrected chi connectivity index (χ1v) is 8.88. The molecule has 2 aromatic carbocycles. The maximum atomic E-state index is 14.1. The summed E-state index contributed by atoms with van der Waals surface area (Å²) in [6, 6.07) is 14.3. The van der Waals surface area contributed by atoms with E-state index < -0.39 is 5.82 Å². The summed E-state index contributed by atoms with van der Waals surface area (Å²) in [7, 11) is 0. The number of aromatic amines is 1. The van der Waals surface area contributed by atoms with Crippen LogP contribution in [0.5, 0.6) is 5.88 Å². The molecular weight excluding hydrogens is 355 g/mol. The lowest BCUT2D eigenvalue weighted by Crippen LogP contribution is -2.00. The van der Waals surface area contributed by atoms with Crippen LogP contribution in [0, 0.1) is 12.7 Å². The Balaban J connectivity index is 1.55. The number of pyridine rings is 1. The molecular formula is C22H19FN4O. The highest BCUT2D eigenvalue weighted by Crippen LogP contribution is 2.29. The molecule has 0 aliphatic heterocycles. The molecule has 4 rings (SSSR count). The molecule has 0 atom stereocenters. The molecule has 6 heteroatoms. The molecule has 0 saturated heterocycles. The number of benzene rings is 2. The minimum atomic E-state index is -0.401. The van der Waals surface area contributed by atoms with E-state index in [4.69, 9.17) is 0 Å². The van der Waals surface area contributed by atoms with Crippen LogP contribution in [0.2, 0.25) is 0 Å². The van der Waals surface area contributed by atoms with Crippen LogP contribution in [0.15, 0.2) is 65.9 Å². The molecule has 140 valence electrons. The van der Waals surface area contributed by atoms with Gasteiger partial charge in [0.2, 0.25) is 0 Å². The lowest BCUT2D eigenvalue weighted by Gasteiger charge is -2.10. The maximum Gasteiger partial charge on any atom is 0.198 e. The van der Waals surface area contributed by atoms with Gasteiger partial charge in [-0.05, 0) is 54.4 Å². The van der Waals surface area contributed by atoms with Crippen LogP contribution in [0.4, 0.5) is 15.8 Å². The minimum absolute atomic E-state index is 0.102. The number of nitrogens with one attached hydrogen (secondary N) is 2. The lowest BCUT2D eigenvalue weighted by atomic mass is 10.1. The van der Waals surface area contributed by atoms with Crippen LogP contribution in [-0.4, -0.2) is 21.3 Å². The third-order valence-corrected chi connectivity index (χ3v) is 4.55. The van der Waals surface area contributed by atoms with Crippen molar-refractivity contribution < 1.29 is 9.50 Å². The number of aryl methyl sites for hydroxylation is 1. The molecule has 2 aromatic heterocycles. The van der Waals surface area contributed by atoms with Crippen LogP contribution >= 0.6 is 0 Å². The van der Waals surface area contributed by atoms with Crippen molar-refractivity contribution in [2.45, 2.75) is 13.5 Å². The Morgan fingerprint density at radius 3 is 2.89 bits per heavy atom. The Kier molecular flexibility index (Phi) is 4.76. The second-order valence-electron chi connectivity index (χ2n) is 6.52. The molecule has 0 radical (unpaired) electrons. The summed E-state index contributed by atoms with van der Waals surface area (Å²) in [5.74, 6) is -0.503. The van der Waals surface area contributed by atoms with Crippen molar-refractivity contribution in [1.29, 1.82) is 0 Å². The number of aromatic nitrogens is 2. The van der Waals surface area contributed by atoms with E-state index in [1.54, 1.807) is 18.3 Å². The number of hydrogen-bond acceptors (Lipinski definition) is 4. The standard InChI is InChI=1S/C22H19FN4O/c1-14-10-16(7-8-19(14)26-12-15-4-3-9-24-11-15)25-13-17-21-18(23)5-2-6-20(21)27-22(17)28/h2-11,13,26-28H,12H2,1H3. The van der Waals surface area contributed by atoms with E-state index in [1.807, 2.05) is 43.5 Å². The summed E-state index contributed by atoms with van der Waals surface area (Å²) in [5, 5.41) is 13.8. The second-order valence-corrected chi connectivity index (χ2v) is 6.52. The van der Waals surface area contributed by atoms with Gasteiger partial charge in [0.05, 0.1) is 16.8 Å². The number of fused-ring (bicyclic) bond motifs is 1. The van der Waals surface area contributed by atoms with Gasteiger partial charge in [0, 0.05) is 36.2 Å². The van der Waals surface area contributed by atoms with E-state index in [2.05, 4.69) is 20.3 Å². The molecule has 5 nitrogen and oxygen atoms in total. The quantitative estimate of drug-likeness (QED) is 0.427. The number of aromatic hydroxyl groups is 1. The maximum absolute atomic E-state index is 14.1. The first-order valence-electron chi connectivity index (χ1n) is 8.88. The Labute approximate surface area is 161 Å². The average molecular weight is 374 g/mol. The number of anilines is 1. The van der Waals surface area contributed by atoms with Crippen LogP contribution in [0.25, 0.3) is 10.9 Å². The van der Waals surface area contributed by atoms with Crippen molar-refractivity contribution >= 4 is 28.5 Å². The molecule has 28 heavy (non-hydrogen) atoms. The predicted octanol–water partition coefficient (Wildman–Crippen LogP) is 5.08. The molecule has 0 aliphatic rings. The van der Waals surface area contributed by atoms with Gasteiger partial charge in [-0.3, -0.25) is 9.98 Å². The summed E-state index contributed by atoms with van der Waals surface area (Å²) in [5.41, 5.74) is 4.72. The summed E-state index contributed by atoms with van der Waals surface area (Å²) < 4.78 is 14.1. The summed E-state index contributed by atoms with van der Waals surface area (Å²) in [6.07, 6.45) is 5.06. The molecule has 0 bridgehead atoms. The third kappa shape index (κ3) is 3.57. The largest absolute Gasteiger partial charge is 0.494 e. The molecule has 0 fully saturated rings. The predicted molar refractivity (Wildman–Crippen MR) is 110 cm³/mol. The molecule has 0 unspecified atom stereocenters. The van der Waals surface area contributed by atoms with Crippen molar-refractivity contribution in [2.24, 2.45) is 4.99 Å². The van der Waals surface area contributed by atoms with Gasteiger partial charge in [0.1, 0.15) is 5.82 Å². The van der Waals surface area contributed by atoms with Crippen molar-refractivity contribution in [3.63, 3.8) is 0 Å². The average Bonchev–Trinajstić information content (AvgIpc) is 3.03. The first kappa shape index (κ1) is 17.7. The van der Waals surface area contributed by atoms with E-state index in [1.165, 1.54) is 12.3 Å².